The Balaban J connectivity index is 2.23. The van der Waals surface area contributed by atoms with Gasteiger partial charge < -0.3 is 14.2 Å². The minimum absolute atomic E-state index is 0.0696. The van der Waals surface area contributed by atoms with Crippen molar-refractivity contribution in [2.24, 2.45) is 0 Å². The average molecular weight is 426 g/mol. The zero-order chi connectivity index (χ0) is 18.1. The molecule has 10 heteroatoms. The minimum Gasteiger partial charge on any atom is -0.508 e. The van der Waals surface area contributed by atoms with Gasteiger partial charge in [-0.25, -0.2) is 0 Å². The lowest BCUT2D eigenvalue weighted by molar-refractivity contribution is -0.0500. The predicted molar refractivity (Wildman–Crippen MR) is 85.9 cm³/mol. The number of phenols is 1. The first kappa shape index (κ1) is 18.4. The summed E-state index contributed by atoms with van der Waals surface area (Å²) in [5.74, 6) is -0.380. The molecule has 0 atom stereocenters. The molecule has 0 amide bonds. The summed E-state index contributed by atoms with van der Waals surface area (Å²) < 4.78 is 63.4. The first-order chi connectivity index (χ1) is 11.0. The Kier molecular flexibility index (Phi) is 5.00. The van der Waals surface area contributed by atoms with Crippen molar-refractivity contribution < 1.29 is 30.9 Å². The maximum Gasteiger partial charge on any atom is 0.534 e. The normalized spacial score (nSPS) is 12.0. The van der Waals surface area contributed by atoms with Crippen LogP contribution < -0.4 is 9.08 Å². The van der Waals surface area contributed by atoms with E-state index < -0.39 is 21.4 Å². The smallest absolute Gasteiger partial charge is 0.508 e. The third-order valence-electron chi connectivity index (χ3n) is 3.01. The van der Waals surface area contributed by atoms with Crippen LogP contribution in [0.15, 0.2) is 46.9 Å². The molecule has 5 nitrogen and oxygen atoms in total. The highest BCUT2D eigenvalue weighted by Gasteiger charge is 2.48. The van der Waals surface area contributed by atoms with Gasteiger partial charge in [0.1, 0.15) is 11.5 Å². The summed E-state index contributed by atoms with van der Waals surface area (Å²) in [5.41, 5.74) is -4.23. The fourth-order valence-corrected chi connectivity index (χ4v) is 2.90. The van der Waals surface area contributed by atoms with Gasteiger partial charge in [0.15, 0.2) is 0 Å². The molecule has 0 fully saturated rings. The van der Waals surface area contributed by atoms with Gasteiger partial charge >= 0.3 is 15.6 Å². The number of anilines is 2. The number of benzene rings is 2. The van der Waals surface area contributed by atoms with Crippen LogP contribution in [-0.2, 0) is 10.1 Å². The number of phenolic OH excluding ortho intramolecular Hbond substituents is 1. The van der Waals surface area contributed by atoms with Gasteiger partial charge in [-0.2, -0.15) is 21.6 Å². The van der Waals surface area contributed by atoms with Gasteiger partial charge in [0.2, 0.25) is 0 Å². The second-order valence-electron chi connectivity index (χ2n) is 4.67. The predicted octanol–water partition coefficient (Wildman–Crippen LogP) is 4.15. The number of aromatic hydroxyl groups is 1. The van der Waals surface area contributed by atoms with E-state index in [-0.39, 0.29) is 5.75 Å². The zero-order valence-corrected chi connectivity index (χ0v) is 14.5. The first-order valence-corrected chi connectivity index (χ1v) is 8.54. The Morgan fingerprint density at radius 2 is 1.71 bits per heavy atom. The highest BCUT2D eigenvalue weighted by molar-refractivity contribution is 9.10. The molecule has 24 heavy (non-hydrogen) atoms. The van der Waals surface area contributed by atoms with Gasteiger partial charge in [0.05, 0.1) is 5.69 Å². The quantitative estimate of drug-likeness (QED) is 0.588. The van der Waals surface area contributed by atoms with Crippen molar-refractivity contribution in [1.82, 2.24) is 0 Å². The Bertz CT molecular complexity index is 838. The fraction of sp³-hybridized carbons (Fsp3) is 0.143. The summed E-state index contributed by atoms with van der Waals surface area (Å²) in [5, 5.41) is 9.39. The molecule has 0 unspecified atom stereocenters. The van der Waals surface area contributed by atoms with Crippen molar-refractivity contribution in [3.05, 3.63) is 46.9 Å². The molecule has 0 saturated heterocycles. The van der Waals surface area contributed by atoms with E-state index in [1.807, 2.05) is 0 Å². The molecule has 0 spiro atoms. The maximum atomic E-state index is 12.3. The molecule has 0 aromatic heterocycles. The van der Waals surface area contributed by atoms with E-state index in [9.17, 15) is 26.7 Å². The Hall–Kier alpha value is -1.94. The van der Waals surface area contributed by atoms with Crippen molar-refractivity contribution in [2.45, 2.75) is 5.51 Å². The van der Waals surface area contributed by atoms with Crippen LogP contribution in [0.1, 0.15) is 0 Å². The standard InChI is InChI=1S/C14H11BrF3NO4S/c1-19(13-7-4-10(20)8-12(13)15)9-2-5-11(6-3-9)23-24(21,22)14(16,17)18/h2-8,20H,1H3. The van der Waals surface area contributed by atoms with E-state index in [1.165, 1.54) is 24.3 Å². The van der Waals surface area contributed by atoms with Gasteiger partial charge in [-0.1, -0.05) is 0 Å². The van der Waals surface area contributed by atoms with E-state index in [0.717, 1.165) is 12.1 Å². The maximum absolute atomic E-state index is 12.3. The number of hydrogen-bond donors (Lipinski definition) is 1. The lowest BCUT2D eigenvalue weighted by Gasteiger charge is -2.21. The van der Waals surface area contributed by atoms with Crippen LogP contribution in [0, 0.1) is 0 Å². The zero-order valence-electron chi connectivity index (χ0n) is 12.1. The molecule has 0 radical (unpaired) electrons. The van der Waals surface area contributed by atoms with Crippen LogP contribution in [-0.4, -0.2) is 26.1 Å². The molecule has 0 saturated carbocycles. The van der Waals surface area contributed by atoms with Crippen LogP contribution >= 0.6 is 15.9 Å². The summed E-state index contributed by atoms with van der Waals surface area (Å²) in [7, 11) is -4.00. The van der Waals surface area contributed by atoms with Crippen molar-refractivity contribution in [1.29, 1.82) is 0 Å². The van der Waals surface area contributed by atoms with Crippen molar-refractivity contribution in [3.8, 4) is 11.5 Å². The van der Waals surface area contributed by atoms with Gasteiger partial charge in [-0.3, -0.25) is 0 Å². The van der Waals surface area contributed by atoms with Crippen molar-refractivity contribution >= 4 is 37.4 Å². The lowest BCUT2D eigenvalue weighted by atomic mass is 10.2. The molecule has 1 N–H and O–H groups in total. The minimum atomic E-state index is -5.70. The van der Waals surface area contributed by atoms with Crippen molar-refractivity contribution in [2.75, 3.05) is 11.9 Å². The Morgan fingerprint density at radius 1 is 1.12 bits per heavy atom. The van der Waals surface area contributed by atoms with E-state index in [2.05, 4.69) is 20.1 Å². The van der Waals surface area contributed by atoms with Crippen LogP contribution in [0.4, 0.5) is 24.5 Å². The van der Waals surface area contributed by atoms with Gasteiger partial charge in [0.25, 0.3) is 0 Å². The Labute approximate surface area is 144 Å². The molecular weight excluding hydrogens is 415 g/mol. The molecule has 0 heterocycles. The summed E-state index contributed by atoms with van der Waals surface area (Å²) in [6, 6.07) is 9.63. The summed E-state index contributed by atoms with van der Waals surface area (Å²) in [4.78, 5) is 1.69. The number of nitrogens with zero attached hydrogens (tertiary/aromatic N) is 1. The van der Waals surface area contributed by atoms with Gasteiger partial charge in [-0.05, 0) is 58.4 Å². The molecular formula is C14H11BrF3NO4S. The third kappa shape index (κ3) is 3.93. The van der Waals surface area contributed by atoms with Gasteiger partial charge in [-0.15, -0.1) is 0 Å². The summed E-state index contributed by atoms with van der Waals surface area (Å²) >= 11 is 3.29. The first-order valence-electron chi connectivity index (χ1n) is 6.34. The lowest BCUT2D eigenvalue weighted by Crippen LogP contribution is -2.28. The number of halogens is 4. The molecule has 2 rings (SSSR count). The van der Waals surface area contributed by atoms with Gasteiger partial charge in [0, 0.05) is 17.2 Å². The molecule has 0 aliphatic carbocycles. The molecule has 2 aromatic carbocycles. The summed E-state index contributed by atoms with van der Waals surface area (Å²) in [6.45, 7) is 0. The highest BCUT2D eigenvalue weighted by atomic mass is 79.9. The van der Waals surface area contributed by atoms with Crippen LogP contribution in [0.3, 0.4) is 0 Å². The monoisotopic (exact) mass is 425 g/mol. The SMILES string of the molecule is CN(c1ccc(OS(=O)(=O)C(F)(F)F)cc1)c1ccc(O)cc1Br. The molecule has 0 aliphatic heterocycles. The molecule has 0 bridgehead atoms. The van der Waals surface area contributed by atoms with E-state index >= 15 is 0 Å². The third-order valence-corrected chi connectivity index (χ3v) is 4.62. The molecule has 2 aromatic rings. The van der Waals surface area contributed by atoms with Crippen LogP contribution in [0.25, 0.3) is 0 Å². The van der Waals surface area contributed by atoms with Crippen LogP contribution in [0.2, 0.25) is 0 Å². The Morgan fingerprint density at radius 3 is 2.21 bits per heavy atom. The fourth-order valence-electron chi connectivity index (χ4n) is 1.81. The van der Waals surface area contributed by atoms with Crippen LogP contribution in [0.5, 0.6) is 11.5 Å². The number of alkyl halides is 3. The average Bonchev–Trinajstić information content (AvgIpc) is 2.46. The highest BCUT2D eigenvalue weighted by Crippen LogP contribution is 2.34. The second-order valence-corrected chi connectivity index (χ2v) is 7.06. The topological polar surface area (TPSA) is 66.8 Å². The van der Waals surface area contributed by atoms with E-state index in [4.69, 9.17) is 0 Å². The number of rotatable bonds is 4. The van der Waals surface area contributed by atoms with Crippen molar-refractivity contribution in [3.63, 3.8) is 0 Å². The van der Waals surface area contributed by atoms with E-state index in [1.54, 1.807) is 18.0 Å². The largest absolute Gasteiger partial charge is 0.534 e. The molecule has 130 valence electrons. The second kappa shape index (κ2) is 6.52. The molecule has 0 aliphatic rings. The number of hydrogen-bond acceptors (Lipinski definition) is 5. The van der Waals surface area contributed by atoms with E-state index in [0.29, 0.717) is 15.8 Å². The summed E-state index contributed by atoms with van der Waals surface area (Å²) in [6.07, 6.45) is 0.